The molecule has 0 aliphatic heterocycles. The average Bonchev–Trinajstić information content (AvgIpc) is 3.02. The summed E-state index contributed by atoms with van der Waals surface area (Å²) in [7, 11) is 1.45. The summed E-state index contributed by atoms with van der Waals surface area (Å²) in [5, 5.41) is 19.6. The third-order valence-electron chi connectivity index (χ3n) is 3.50. The number of ether oxygens (including phenoxy) is 1. The summed E-state index contributed by atoms with van der Waals surface area (Å²) in [5.74, 6) is -0.573. The molecule has 1 amide bonds. The molecular formula is C17H21N3O5. The van der Waals surface area contributed by atoms with Crippen LogP contribution in [-0.4, -0.2) is 46.4 Å². The van der Waals surface area contributed by atoms with Gasteiger partial charge < -0.3 is 19.6 Å². The molecule has 0 aliphatic carbocycles. The Morgan fingerprint density at radius 2 is 2.00 bits per heavy atom. The van der Waals surface area contributed by atoms with Gasteiger partial charge in [-0.05, 0) is 19.1 Å². The predicted octanol–water partition coefficient (Wildman–Crippen LogP) is 1.67. The van der Waals surface area contributed by atoms with E-state index >= 15 is 0 Å². The Labute approximate surface area is 145 Å². The molecule has 2 N–H and O–H groups in total. The first-order valence-corrected chi connectivity index (χ1v) is 7.81. The smallest absolute Gasteiger partial charge is 0.305 e. The molecule has 1 atom stereocenters. The lowest BCUT2D eigenvalue weighted by atomic mass is 9.98. The first kappa shape index (κ1) is 18.6. The van der Waals surface area contributed by atoms with Crippen molar-refractivity contribution >= 4 is 11.9 Å². The highest BCUT2D eigenvalue weighted by Crippen LogP contribution is 2.17. The number of carboxylic acids is 1. The maximum atomic E-state index is 12.1. The van der Waals surface area contributed by atoms with Gasteiger partial charge in [0.25, 0.3) is 0 Å². The molecule has 0 spiro atoms. The molecule has 8 nitrogen and oxygen atoms in total. The summed E-state index contributed by atoms with van der Waals surface area (Å²) in [6, 6.07) is 9.33. The molecular weight excluding hydrogens is 326 g/mol. The maximum Gasteiger partial charge on any atom is 0.305 e. The fourth-order valence-electron chi connectivity index (χ4n) is 2.46. The summed E-state index contributed by atoms with van der Waals surface area (Å²) >= 11 is 0. The molecule has 25 heavy (non-hydrogen) atoms. The van der Waals surface area contributed by atoms with Crippen LogP contribution in [0.3, 0.4) is 0 Å². The van der Waals surface area contributed by atoms with E-state index in [-0.39, 0.29) is 31.8 Å². The van der Waals surface area contributed by atoms with Crippen molar-refractivity contribution in [2.24, 2.45) is 0 Å². The molecule has 0 saturated heterocycles. The number of rotatable bonds is 9. The van der Waals surface area contributed by atoms with E-state index < -0.39 is 11.5 Å². The van der Waals surface area contributed by atoms with Crippen LogP contribution in [0, 0.1) is 0 Å². The number of amides is 1. The number of nitrogens with zero attached hydrogens (tertiary/aromatic N) is 2. The van der Waals surface area contributed by atoms with Gasteiger partial charge >= 0.3 is 5.97 Å². The molecule has 134 valence electrons. The van der Waals surface area contributed by atoms with Crippen molar-refractivity contribution < 1.29 is 23.8 Å². The molecule has 1 aromatic carbocycles. The van der Waals surface area contributed by atoms with Crippen LogP contribution in [0.15, 0.2) is 34.7 Å². The van der Waals surface area contributed by atoms with Gasteiger partial charge in [-0.2, -0.15) is 0 Å². The average molecular weight is 347 g/mol. The van der Waals surface area contributed by atoms with E-state index in [0.717, 1.165) is 5.56 Å². The van der Waals surface area contributed by atoms with Gasteiger partial charge in [0, 0.05) is 25.5 Å². The number of carboxylic acid groups (broad SMARTS) is 1. The third-order valence-corrected chi connectivity index (χ3v) is 3.50. The number of nitrogens with one attached hydrogen (secondary N) is 1. The van der Waals surface area contributed by atoms with Crippen LogP contribution >= 0.6 is 0 Å². The van der Waals surface area contributed by atoms with Crippen LogP contribution in [0.25, 0.3) is 11.5 Å². The zero-order chi connectivity index (χ0) is 18.3. The first-order valence-electron chi connectivity index (χ1n) is 7.81. The van der Waals surface area contributed by atoms with Crippen molar-refractivity contribution in [3.63, 3.8) is 0 Å². The van der Waals surface area contributed by atoms with Crippen molar-refractivity contribution in [3.05, 3.63) is 36.2 Å². The predicted molar refractivity (Wildman–Crippen MR) is 88.7 cm³/mol. The Hall–Kier alpha value is -2.74. The highest BCUT2D eigenvalue weighted by atomic mass is 16.5. The molecule has 1 aromatic heterocycles. The Morgan fingerprint density at radius 3 is 2.64 bits per heavy atom. The lowest BCUT2D eigenvalue weighted by Gasteiger charge is -2.28. The van der Waals surface area contributed by atoms with Gasteiger partial charge in [0.15, 0.2) is 0 Å². The highest BCUT2D eigenvalue weighted by Gasteiger charge is 2.29. The van der Waals surface area contributed by atoms with Crippen molar-refractivity contribution in [2.45, 2.75) is 31.7 Å². The lowest BCUT2D eigenvalue weighted by Crippen LogP contribution is -2.50. The van der Waals surface area contributed by atoms with E-state index in [9.17, 15) is 9.59 Å². The van der Waals surface area contributed by atoms with Gasteiger partial charge in [0.05, 0.1) is 18.6 Å². The number of aliphatic carboxylic acids is 1. The quantitative estimate of drug-likeness (QED) is 0.709. The van der Waals surface area contributed by atoms with Crippen molar-refractivity contribution in [3.8, 4) is 11.5 Å². The normalized spacial score (nSPS) is 13.2. The first-order chi connectivity index (χ1) is 11.9. The Kier molecular flexibility index (Phi) is 6.24. The summed E-state index contributed by atoms with van der Waals surface area (Å²) in [6.07, 6.45) is 0.141. The molecule has 8 heteroatoms. The number of hydrogen-bond acceptors (Lipinski definition) is 6. The number of methoxy groups -OCH3 is 1. The van der Waals surface area contributed by atoms with Crippen molar-refractivity contribution in [1.82, 2.24) is 15.5 Å². The zero-order valence-electron chi connectivity index (χ0n) is 14.2. The second-order valence-electron chi connectivity index (χ2n) is 5.98. The lowest BCUT2D eigenvalue weighted by molar-refractivity contribution is -0.139. The highest BCUT2D eigenvalue weighted by molar-refractivity contribution is 5.78. The van der Waals surface area contributed by atoms with Crippen LogP contribution in [-0.2, 0) is 20.7 Å². The summed E-state index contributed by atoms with van der Waals surface area (Å²) in [5.41, 5.74) is -0.165. The van der Waals surface area contributed by atoms with E-state index in [4.69, 9.17) is 14.3 Å². The third kappa shape index (κ3) is 5.68. The van der Waals surface area contributed by atoms with Crippen LogP contribution in [0.2, 0.25) is 0 Å². The largest absolute Gasteiger partial charge is 0.481 e. The van der Waals surface area contributed by atoms with Crippen LogP contribution in [0.1, 0.15) is 25.7 Å². The molecule has 0 bridgehead atoms. The number of aryl methyl sites for hydroxylation is 1. The molecule has 0 saturated carbocycles. The maximum absolute atomic E-state index is 12.1. The van der Waals surface area contributed by atoms with Crippen LogP contribution in [0.5, 0.6) is 0 Å². The molecule has 0 radical (unpaired) electrons. The SMILES string of the molecule is COCC(C)(CC(=O)O)NC(=O)CCc1nnc(-c2ccccc2)o1. The minimum atomic E-state index is -1.01. The second kappa shape index (κ2) is 8.39. The van der Waals surface area contributed by atoms with E-state index in [1.54, 1.807) is 6.92 Å². The molecule has 1 unspecified atom stereocenters. The molecule has 1 heterocycles. The molecule has 2 rings (SSSR count). The van der Waals surface area contributed by atoms with Gasteiger partial charge in [-0.1, -0.05) is 18.2 Å². The summed E-state index contributed by atoms with van der Waals surface area (Å²) in [6.45, 7) is 1.73. The molecule has 0 fully saturated rings. The van der Waals surface area contributed by atoms with E-state index in [0.29, 0.717) is 11.8 Å². The summed E-state index contributed by atoms with van der Waals surface area (Å²) < 4.78 is 10.5. The van der Waals surface area contributed by atoms with Gasteiger partial charge in [0.2, 0.25) is 17.7 Å². The topological polar surface area (TPSA) is 115 Å². The molecule has 0 aliphatic rings. The van der Waals surface area contributed by atoms with E-state index in [2.05, 4.69) is 15.5 Å². The fraction of sp³-hybridized carbons (Fsp3) is 0.412. The minimum absolute atomic E-state index is 0.101. The number of carbonyl (C=O) groups excluding carboxylic acids is 1. The number of carbonyl (C=O) groups is 2. The van der Waals surface area contributed by atoms with Crippen LogP contribution < -0.4 is 5.32 Å². The van der Waals surface area contributed by atoms with Gasteiger partial charge in [-0.3, -0.25) is 9.59 Å². The second-order valence-corrected chi connectivity index (χ2v) is 5.98. The van der Waals surface area contributed by atoms with Crippen molar-refractivity contribution in [1.29, 1.82) is 0 Å². The van der Waals surface area contributed by atoms with Gasteiger partial charge in [0.1, 0.15) is 0 Å². The zero-order valence-corrected chi connectivity index (χ0v) is 14.2. The number of benzene rings is 1. The Morgan fingerprint density at radius 1 is 1.28 bits per heavy atom. The van der Waals surface area contributed by atoms with Crippen LogP contribution in [0.4, 0.5) is 0 Å². The van der Waals surface area contributed by atoms with E-state index in [1.165, 1.54) is 7.11 Å². The van der Waals surface area contributed by atoms with Crippen molar-refractivity contribution in [2.75, 3.05) is 13.7 Å². The molecule has 2 aromatic rings. The van der Waals surface area contributed by atoms with E-state index in [1.807, 2.05) is 30.3 Å². The number of aromatic nitrogens is 2. The fourth-order valence-corrected chi connectivity index (χ4v) is 2.46. The summed E-state index contributed by atoms with van der Waals surface area (Å²) in [4.78, 5) is 23.1. The Balaban J connectivity index is 1.91. The Bertz CT molecular complexity index is 716. The van der Waals surface area contributed by atoms with Gasteiger partial charge in [-0.15, -0.1) is 10.2 Å². The monoisotopic (exact) mass is 347 g/mol. The standard InChI is InChI=1S/C17H21N3O5/c1-17(11-24-2,10-15(22)23)18-13(21)8-9-14-19-20-16(25-14)12-6-4-3-5-7-12/h3-7H,8-11H2,1-2H3,(H,18,21)(H,22,23). The van der Waals surface area contributed by atoms with Gasteiger partial charge in [-0.25, -0.2) is 0 Å². The minimum Gasteiger partial charge on any atom is -0.481 e. The number of hydrogen-bond donors (Lipinski definition) is 2.